The number of carbonyl (C=O) groups is 1. The number of amides is 1. The van der Waals surface area contributed by atoms with E-state index in [0.717, 1.165) is 39.1 Å². The molecule has 0 aliphatic heterocycles. The van der Waals surface area contributed by atoms with Crippen LogP contribution in [0.3, 0.4) is 0 Å². The zero-order chi connectivity index (χ0) is 27.4. The van der Waals surface area contributed by atoms with Crippen LogP contribution in [0, 0.1) is 0 Å². The third-order valence-corrected chi connectivity index (χ3v) is 6.95. The van der Waals surface area contributed by atoms with Crippen LogP contribution < -0.4 is 9.47 Å². The van der Waals surface area contributed by atoms with E-state index < -0.39 is 6.09 Å². The highest BCUT2D eigenvalue weighted by Crippen LogP contribution is 2.40. The minimum absolute atomic E-state index is 0.400. The summed E-state index contributed by atoms with van der Waals surface area (Å²) < 4.78 is 14.1. The zero-order valence-corrected chi connectivity index (χ0v) is 23.2. The molecule has 0 radical (unpaired) electrons. The smallest absolute Gasteiger partial charge is 0.415 e. The number of hydrogen-bond donors (Lipinski definition) is 0. The number of fused-ring (bicyclic) bond motifs is 1. The van der Waals surface area contributed by atoms with Crippen molar-refractivity contribution in [2.24, 2.45) is 0 Å². The highest BCUT2D eigenvalue weighted by molar-refractivity contribution is 6.35. The van der Waals surface area contributed by atoms with Crippen LogP contribution in [0.15, 0.2) is 97.2 Å². The fraction of sp³-hybridized carbons (Fsp3) is 0.156. The van der Waals surface area contributed by atoms with Crippen molar-refractivity contribution in [2.75, 3.05) is 13.1 Å². The number of halogens is 2. The average molecular weight is 559 g/mol. The normalized spacial score (nSPS) is 11.0. The van der Waals surface area contributed by atoms with E-state index >= 15 is 0 Å². The zero-order valence-electron chi connectivity index (χ0n) is 21.7. The van der Waals surface area contributed by atoms with E-state index in [9.17, 15) is 4.79 Å². The number of hydrogen-bond acceptors (Lipinski definition) is 3. The van der Waals surface area contributed by atoms with Crippen molar-refractivity contribution in [3.63, 3.8) is 0 Å². The van der Waals surface area contributed by atoms with Gasteiger partial charge in [-0.3, -0.25) is 0 Å². The van der Waals surface area contributed by atoms with E-state index in [1.165, 1.54) is 0 Å². The van der Waals surface area contributed by atoms with Gasteiger partial charge in [0.25, 0.3) is 0 Å². The Bertz CT molecular complexity index is 1590. The molecule has 0 saturated heterocycles. The fourth-order valence-electron chi connectivity index (χ4n) is 4.64. The second-order valence-electron chi connectivity index (χ2n) is 9.08. The van der Waals surface area contributed by atoms with Gasteiger partial charge in [-0.05, 0) is 85.6 Å². The predicted octanol–water partition coefficient (Wildman–Crippen LogP) is 9.30. The van der Waals surface area contributed by atoms with E-state index in [4.69, 9.17) is 32.7 Å². The molecule has 5 aromatic rings. The van der Waals surface area contributed by atoms with E-state index in [2.05, 4.69) is 10.6 Å². The Hall–Kier alpha value is -3.93. The van der Waals surface area contributed by atoms with Crippen molar-refractivity contribution < 1.29 is 14.3 Å². The van der Waals surface area contributed by atoms with Crippen LogP contribution in [-0.4, -0.2) is 28.6 Å². The number of ether oxygens (including phenoxy) is 2. The van der Waals surface area contributed by atoms with Crippen molar-refractivity contribution in [3.8, 4) is 28.4 Å². The maximum Gasteiger partial charge on any atom is 0.415 e. The molecule has 0 unspecified atom stereocenters. The van der Waals surface area contributed by atoms with Crippen molar-refractivity contribution in [2.45, 2.75) is 20.4 Å². The van der Waals surface area contributed by atoms with Gasteiger partial charge in [0, 0.05) is 52.3 Å². The van der Waals surface area contributed by atoms with Crippen LogP contribution in [-0.2, 0) is 6.54 Å². The number of carbonyl (C=O) groups excluding carboxylic acids is 1. The van der Waals surface area contributed by atoms with Crippen molar-refractivity contribution in [1.29, 1.82) is 0 Å². The molecule has 198 valence electrons. The number of benzene rings is 4. The maximum atomic E-state index is 12.9. The monoisotopic (exact) mass is 558 g/mol. The Morgan fingerprint density at radius 1 is 0.821 bits per heavy atom. The molecule has 5 rings (SSSR count). The van der Waals surface area contributed by atoms with E-state index in [1.54, 1.807) is 11.0 Å². The van der Waals surface area contributed by atoms with Gasteiger partial charge in [-0.25, -0.2) is 4.79 Å². The van der Waals surface area contributed by atoms with Gasteiger partial charge < -0.3 is 18.9 Å². The molecular weight excluding hydrogens is 531 g/mol. The highest BCUT2D eigenvalue weighted by Gasteiger charge is 2.20. The molecule has 0 bridgehead atoms. The molecule has 0 aliphatic carbocycles. The molecule has 0 spiro atoms. The SMILES string of the molecule is CCN(CC)C(=O)Oc1ccc2c(ccn2Cc2cccc(Oc3ccccc3)c2)c1-c1cc(Cl)cc(Cl)c1. The quantitative estimate of drug-likeness (QED) is 0.190. The van der Waals surface area contributed by atoms with Crippen molar-refractivity contribution >= 4 is 40.2 Å². The van der Waals surface area contributed by atoms with Gasteiger partial charge in [0.15, 0.2) is 0 Å². The summed E-state index contributed by atoms with van der Waals surface area (Å²) >= 11 is 12.7. The fourth-order valence-corrected chi connectivity index (χ4v) is 5.17. The summed E-state index contributed by atoms with van der Waals surface area (Å²) in [6.07, 6.45) is 1.63. The molecule has 0 saturated carbocycles. The second-order valence-corrected chi connectivity index (χ2v) is 9.95. The third-order valence-electron chi connectivity index (χ3n) is 6.52. The number of nitrogens with zero attached hydrogens (tertiary/aromatic N) is 2. The highest BCUT2D eigenvalue weighted by atomic mass is 35.5. The lowest BCUT2D eigenvalue weighted by Crippen LogP contribution is -2.33. The molecule has 0 aliphatic rings. The first-order valence-corrected chi connectivity index (χ1v) is 13.6. The predicted molar refractivity (Wildman–Crippen MR) is 158 cm³/mol. The Morgan fingerprint density at radius 3 is 2.26 bits per heavy atom. The molecule has 4 aromatic carbocycles. The largest absolute Gasteiger partial charge is 0.457 e. The maximum absolute atomic E-state index is 12.9. The third kappa shape index (κ3) is 6.06. The molecule has 7 heteroatoms. The average Bonchev–Trinajstić information content (AvgIpc) is 3.32. The summed E-state index contributed by atoms with van der Waals surface area (Å²) in [5.41, 5.74) is 3.61. The summed E-state index contributed by atoms with van der Waals surface area (Å²) in [4.78, 5) is 14.5. The van der Waals surface area contributed by atoms with Crippen LogP contribution >= 0.6 is 23.2 Å². The molecule has 5 nitrogen and oxygen atoms in total. The van der Waals surface area contributed by atoms with Gasteiger partial charge >= 0.3 is 6.09 Å². The molecule has 0 N–H and O–H groups in total. The van der Waals surface area contributed by atoms with Gasteiger partial charge in [-0.15, -0.1) is 0 Å². The lowest BCUT2D eigenvalue weighted by Gasteiger charge is -2.20. The first-order valence-electron chi connectivity index (χ1n) is 12.8. The van der Waals surface area contributed by atoms with Gasteiger partial charge in [0.2, 0.25) is 0 Å². The molecule has 1 aromatic heterocycles. The van der Waals surface area contributed by atoms with Crippen molar-refractivity contribution in [3.05, 3.63) is 113 Å². The Morgan fingerprint density at radius 2 is 1.54 bits per heavy atom. The summed E-state index contributed by atoms with van der Waals surface area (Å²) in [5, 5.41) is 1.94. The minimum atomic E-state index is -0.400. The van der Waals surface area contributed by atoms with Crippen LogP contribution in [0.1, 0.15) is 19.4 Å². The number of para-hydroxylation sites is 1. The molecular formula is C32H28Cl2N2O3. The molecule has 0 fully saturated rings. The number of rotatable bonds is 8. The molecule has 0 atom stereocenters. The lowest BCUT2D eigenvalue weighted by molar-refractivity contribution is 0.157. The summed E-state index contributed by atoms with van der Waals surface area (Å²) in [5.74, 6) is 2.02. The Kier molecular flexibility index (Phi) is 8.10. The first-order chi connectivity index (χ1) is 18.9. The Labute approximate surface area is 238 Å². The first kappa shape index (κ1) is 26.7. The summed E-state index contributed by atoms with van der Waals surface area (Å²) in [7, 11) is 0. The van der Waals surface area contributed by atoms with Crippen LogP contribution in [0.4, 0.5) is 4.79 Å². The van der Waals surface area contributed by atoms with E-state index in [1.807, 2.05) is 98.9 Å². The van der Waals surface area contributed by atoms with E-state index in [0.29, 0.717) is 35.4 Å². The summed E-state index contributed by atoms with van der Waals surface area (Å²) in [6, 6.07) is 28.9. The van der Waals surface area contributed by atoms with Crippen LogP contribution in [0.5, 0.6) is 17.2 Å². The standard InChI is InChI=1S/C32H28Cl2N2O3/c1-3-35(4-2)32(37)39-30-14-13-29-28(31(30)23-18-24(33)20-25(34)19-23)15-16-36(29)21-22-9-8-12-27(17-22)38-26-10-6-5-7-11-26/h5-20H,3-4,21H2,1-2H3. The van der Waals surface area contributed by atoms with Crippen LogP contribution in [0.25, 0.3) is 22.0 Å². The second kappa shape index (κ2) is 11.9. The van der Waals surface area contributed by atoms with Gasteiger partial charge in [0.1, 0.15) is 17.2 Å². The molecule has 1 heterocycles. The molecule has 1 amide bonds. The minimum Gasteiger partial charge on any atom is -0.457 e. The van der Waals surface area contributed by atoms with Crippen molar-refractivity contribution in [1.82, 2.24) is 9.47 Å². The lowest BCUT2D eigenvalue weighted by atomic mass is 10.0. The van der Waals surface area contributed by atoms with Gasteiger partial charge in [0.05, 0.1) is 0 Å². The van der Waals surface area contributed by atoms with Gasteiger partial charge in [-0.2, -0.15) is 0 Å². The summed E-state index contributed by atoms with van der Waals surface area (Å²) in [6.45, 7) is 5.58. The van der Waals surface area contributed by atoms with Gasteiger partial charge in [-0.1, -0.05) is 53.5 Å². The number of aromatic nitrogens is 1. The molecule has 39 heavy (non-hydrogen) atoms. The van der Waals surface area contributed by atoms with Crippen LogP contribution in [0.2, 0.25) is 10.0 Å². The topological polar surface area (TPSA) is 43.7 Å². The van der Waals surface area contributed by atoms with E-state index in [-0.39, 0.29) is 0 Å². The Balaban J connectivity index is 1.53.